The zero-order valence-corrected chi connectivity index (χ0v) is 13.2. The van der Waals surface area contributed by atoms with Gasteiger partial charge in [-0.3, -0.25) is 4.90 Å². The second-order valence-corrected chi connectivity index (χ2v) is 6.15. The summed E-state index contributed by atoms with van der Waals surface area (Å²) in [5, 5.41) is 3.06. The maximum atomic E-state index is 12.3. The summed E-state index contributed by atoms with van der Waals surface area (Å²) in [6.45, 7) is 3.05. The second-order valence-electron chi connectivity index (χ2n) is 6.15. The van der Waals surface area contributed by atoms with Gasteiger partial charge in [0, 0.05) is 38.6 Å². The molecule has 0 bridgehead atoms. The van der Waals surface area contributed by atoms with Crippen LogP contribution in [0.1, 0.15) is 37.5 Å². The van der Waals surface area contributed by atoms with Gasteiger partial charge in [-0.2, -0.15) is 0 Å². The van der Waals surface area contributed by atoms with Crippen molar-refractivity contribution < 1.29 is 4.79 Å². The fraction of sp³-hybridized carbons (Fsp3) is 0.625. The van der Waals surface area contributed by atoms with Crippen molar-refractivity contribution in [3.8, 4) is 0 Å². The molecule has 0 saturated carbocycles. The summed E-state index contributed by atoms with van der Waals surface area (Å²) in [4.78, 5) is 24.0. The van der Waals surface area contributed by atoms with Crippen molar-refractivity contribution in [2.24, 2.45) is 0 Å². The van der Waals surface area contributed by atoms with Crippen molar-refractivity contribution in [3.63, 3.8) is 0 Å². The molecule has 0 unspecified atom stereocenters. The number of H-pyrrole nitrogens is 1. The summed E-state index contributed by atoms with van der Waals surface area (Å²) >= 11 is 0. The number of carbonyl (C=O) groups excluding carboxylic acids is 1. The first-order valence-electron chi connectivity index (χ1n) is 8.14. The number of urea groups is 1. The fourth-order valence-electron chi connectivity index (χ4n) is 3.22. The average Bonchev–Trinajstić information content (AvgIpc) is 3.21. The van der Waals surface area contributed by atoms with Crippen molar-refractivity contribution in [3.05, 3.63) is 29.9 Å². The molecule has 2 heterocycles. The highest BCUT2D eigenvalue weighted by Gasteiger charge is 2.29. The molecule has 1 saturated heterocycles. The van der Waals surface area contributed by atoms with Crippen molar-refractivity contribution >= 4 is 6.03 Å². The van der Waals surface area contributed by atoms with Crippen LogP contribution in [0.3, 0.4) is 0 Å². The topological polar surface area (TPSA) is 64.3 Å². The van der Waals surface area contributed by atoms with Gasteiger partial charge in [-0.05, 0) is 32.7 Å². The van der Waals surface area contributed by atoms with Gasteiger partial charge in [0.15, 0.2) is 0 Å². The van der Waals surface area contributed by atoms with E-state index in [1.165, 1.54) is 24.8 Å². The lowest BCUT2D eigenvalue weighted by Gasteiger charge is -2.38. The molecule has 1 aromatic heterocycles. The Balaban J connectivity index is 1.49. The zero-order valence-electron chi connectivity index (χ0n) is 13.2. The highest BCUT2D eigenvalue weighted by molar-refractivity contribution is 5.74. The SMILES string of the molecule is CN1CCN(C(=O)NCCC2=CCCC2)C[C@@H]1c1ncc[nH]1. The van der Waals surface area contributed by atoms with Crippen LogP contribution < -0.4 is 5.32 Å². The molecule has 1 aliphatic carbocycles. The Labute approximate surface area is 131 Å². The highest BCUT2D eigenvalue weighted by atomic mass is 16.2. The van der Waals surface area contributed by atoms with E-state index in [1.807, 2.05) is 11.1 Å². The third-order valence-electron chi connectivity index (χ3n) is 4.63. The van der Waals surface area contributed by atoms with E-state index in [2.05, 4.69) is 33.3 Å². The number of likely N-dealkylation sites (N-methyl/N-ethyl adjacent to an activating group) is 1. The van der Waals surface area contributed by atoms with Gasteiger partial charge in [0.05, 0.1) is 6.04 Å². The minimum Gasteiger partial charge on any atom is -0.347 e. The maximum absolute atomic E-state index is 12.3. The van der Waals surface area contributed by atoms with Crippen molar-refractivity contribution in [2.75, 3.05) is 33.2 Å². The Kier molecular flexibility index (Phi) is 4.77. The van der Waals surface area contributed by atoms with Gasteiger partial charge in [0.25, 0.3) is 0 Å². The van der Waals surface area contributed by atoms with Crippen LogP contribution in [0.25, 0.3) is 0 Å². The molecule has 1 fully saturated rings. The molecule has 0 aromatic carbocycles. The standard InChI is InChI=1S/C16H25N5O/c1-20-10-11-21(12-14(20)15-17-8-9-18-15)16(22)19-7-6-13-4-2-3-5-13/h4,8-9,14H,2-3,5-7,10-12H2,1H3,(H,17,18)(H,19,22)/t14-/m1/s1. The average molecular weight is 303 g/mol. The first kappa shape index (κ1) is 15.1. The molecule has 3 rings (SSSR count). The third-order valence-corrected chi connectivity index (χ3v) is 4.63. The van der Waals surface area contributed by atoms with Crippen molar-refractivity contribution in [1.82, 2.24) is 25.1 Å². The van der Waals surface area contributed by atoms with Gasteiger partial charge < -0.3 is 15.2 Å². The predicted molar refractivity (Wildman–Crippen MR) is 85.5 cm³/mol. The predicted octanol–water partition coefficient (Wildman–Crippen LogP) is 1.91. The molecule has 2 amide bonds. The normalized spacial score (nSPS) is 22.7. The van der Waals surface area contributed by atoms with Crippen LogP contribution in [0.5, 0.6) is 0 Å². The number of hydrogen-bond acceptors (Lipinski definition) is 3. The minimum absolute atomic E-state index is 0.0447. The molecule has 2 N–H and O–H groups in total. The van der Waals surface area contributed by atoms with Gasteiger partial charge >= 0.3 is 6.03 Å². The number of piperazine rings is 1. The number of allylic oxidation sites excluding steroid dienone is 1. The third kappa shape index (κ3) is 3.50. The van der Waals surface area contributed by atoms with E-state index in [-0.39, 0.29) is 12.1 Å². The van der Waals surface area contributed by atoms with Gasteiger partial charge in [-0.25, -0.2) is 9.78 Å². The number of nitrogens with one attached hydrogen (secondary N) is 2. The monoisotopic (exact) mass is 303 g/mol. The Hall–Kier alpha value is -1.82. The van der Waals surface area contributed by atoms with E-state index in [9.17, 15) is 4.79 Å². The van der Waals surface area contributed by atoms with Gasteiger partial charge in [-0.1, -0.05) is 11.6 Å². The van der Waals surface area contributed by atoms with Gasteiger partial charge in [0.1, 0.15) is 5.82 Å². The first-order chi connectivity index (χ1) is 10.7. The van der Waals surface area contributed by atoms with Crippen LogP contribution in [0.15, 0.2) is 24.0 Å². The molecule has 0 spiro atoms. The minimum atomic E-state index is 0.0447. The molecule has 120 valence electrons. The molecule has 2 aliphatic rings. The lowest BCUT2D eigenvalue weighted by molar-refractivity contribution is 0.106. The highest BCUT2D eigenvalue weighted by Crippen LogP contribution is 2.21. The molecule has 6 heteroatoms. The number of aromatic amines is 1. The van der Waals surface area contributed by atoms with Gasteiger partial charge in [-0.15, -0.1) is 0 Å². The second kappa shape index (κ2) is 6.96. The van der Waals surface area contributed by atoms with E-state index in [1.54, 1.807) is 6.20 Å². The first-order valence-corrected chi connectivity index (χ1v) is 8.14. The molecule has 1 aliphatic heterocycles. The summed E-state index contributed by atoms with van der Waals surface area (Å²) in [7, 11) is 2.08. The lowest BCUT2D eigenvalue weighted by atomic mass is 10.1. The van der Waals surface area contributed by atoms with Crippen LogP contribution in [-0.2, 0) is 0 Å². The van der Waals surface area contributed by atoms with Crippen LogP contribution in [0, 0.1) is 0 Å². The van der Waals surface area contributed by atoms with Crippen LogP contribution in [0.2, 0.25) is 0 Å². The van der Waals surface area contributed by atoms with E-state index in [0.29, 0.717) is 6.54 Å². The molecular weight excluding hydrogens is 278 g/mol. The summed E-state index contributed by atoms with van der Waals surface area (Å²) in [6.07, 6.45) is 10.6. The number of imidazole rings is 1. The number of amides is 2. The summed E-state index contributed by atoms with van der Waals surface area (Å²) in [6, 6.07) is 0.190. The summed E-state index contributed by atoms with van der Waals surface area (Å²) < 4.78 is 0. The van der Waals surface area contributed by atoms with E-state index < -0.39 is 0 Å². The smallest absolute Gasteiger partial charge is 0.317 e. The quantitative estimate of drug-likeness (QED) is 0.835. The molecule has 6 nitrogen and oxygen atoms in total. The molecular formula is C16H25N5O. The van der Waals surface area contributed by atoms with Crippen LogP contribution in [0.4, 0.5) is 4.79 Å². The summed E-state index contributed by atoms with van der Waals surface area (Å²) in [5.41, 5.74) is 1.49. The van der Waals surface area contributed by atoms with E-state index in [4.69, 9.17) is 0 Å². The number of nitrogens with zero attached hydrogens (tertiary/aromatic N) is 3. The number of carbonyl (C=O) groups is 1. The van der Waals surface area contributed by atoms with E-state index in [0.717, 1.165) is 31.9 Å². The number of rotatable bonds is 4. The zero-order chi connectivity index (χ0) is 15.4. The van der Waals surface area contributed by atoms with Crippen LogP contribution in [-0.4, -0.2) is 59.0 Å². The number of hydrogen-bond donors (Lipinski definition) is 2. The van der Waals surface area contributed by atoms with Crippen molar-refractivity contribution in [1.29, 1.82) is 0 Å². The molecule has 1 atom stereocenters. The van der Waals surface area contributed by atoms with Crippen molar-refractivity contribution in [2.45, 2.75) is 31.7 Å². The lowest BCUT2D eigenvalue weighted by Crippen LogP contribution is -2.52. The molecule has 1 aromatic rings. The van der Waals surface area contributed by atoms with Crippen LogP contribution >= 0.6 is 0 Å². The fourth-order valence-corrected chi connectivity index (χ4v) is 3.22. The molecule has 22 heavy (non-hydrogen) atoms. The van der Waals surface area contributed by atoms with E-state index >= 15 is 0 Å². The molecule has 0 radical (unpaired) electrons. The summed E-state index contributed by atoms with van der Waals surface area (Å²) in [5.74, 6) is 0.927. The maximum Gasteiger partial charge on any atom is 0.317 e. The Morgan fingerprint density at radius 3 is 3.14 bits per heavy atom. The Bertz CT molecular complexity index is 525. The van der Waals surface area contributed by atoms with Gasteiger partial charge in [0.2, 0.25) is 0 Å². The number of aromatic nitrogens is 2. The Morgan fingerprint density at radius 2 is 2.41 bits per heavy atom. The Morgan fingerprint density at radius 1 is 1.50 bits per heavy atom. The largest absolute Gasteiger partial charge is 0.347 e.